The molecule has 37 heavy (non-hydrogen) atoms. The molecule has 0 unspecified atom stereocenters. The van der Waals surface area contributed by atoms with Crippen LogP contribution in [0.2, 0.25) is 0 Å². The van der Waals surface area contributed by atoms with E-state index in [1.54, 1.807) is 13.8 Å². The molecule has 1 heterocycles. The van der Waals surface area contributed by atoms with E-state index in [4.69, 9.17) is 9.47 Å². The molecule has 194 valence electrons. The fraction of sp³-hybridized carbons (Fsp3) is 0.367. The van der Waals surface area contributed by atoms with Crippen LogP contribution < -0.4 is 5.32 Å². The number of hydrogen-bond acceptors (Lipinski definition) is 6. The first-order valence-electron chi connectivity index (χ1n) is 12.9. The Kier molecular flexibility index (Phi) is 9.12. The normalized spacial score (nSPS) is 13.8. The lowest BCUT2D eigenvalue weighted by molar-refractivity contribution is -0.116. The Balaban J connectivity index is 1.58. The van der Waals surface area contributed by atoms with Gasteiger partial charge in [0.2, 0.25) is 5.91 Å². The van der Waals surface area contributed by atoms with Crippen LogP contribution in [0.15, 0.2) is 60.7 Å². The van der Waals surface area contributed by atoms with Crippen LogP contribution in [0.4, 0.5) is 5.00 Å². The fourth-order valence-electron chi connectivity index (χ4n) is 4.80. The van der Waals surface area contributed by atoms with Gasteiger partial charge in [-0.15, -0.1) is 11.3 Å². The molecule has 3 aromatic rings. The van der Waals surface area contributed by atoms with Crippen LogP contribution >= 0.6 is 11.3 Å². The molecule has 0 saturated heterocycles. The molecule has 0 bridgehead atoms. The number of amides is 1. The maximum absolute atomic E-state index is 13.3. The van der Waals surface area contributed by atoms with Crippen molar-refractivity contribution >= 4 is 34.2 Å². The lowest BCUT2D eigenvalue weighted by Crippen LogP contribution is -2.21. The number of esters is 2. The third-order valence-electron chi connectivity index (χ3n) is 6.68. The first-order chi connectivity index (χ1) is 18.0. The summed E-state index contributed by atoms with van der Waals surface area (Å²) in [5, 5.41) is 3.23. The smallest absolute Gasteiger partial charge is 0.348 e. The topological polar surface area (TPSA) is 81.7 Å². The van der Waals surface area contributed by atoms with Crippen molar-refractivity contribution in [2.24, 2.45) is 0 Å². The highest BCUT2D eigenvalue weighted by atomic mass is 32.1. The number of benzene rings is 2. The van der Waals surface area contributed by atoms with Gasteiger partial charge in [-0.2, -0.15) is 0 Å². The Labute approximate surface area is 222 Å². The molecule has 1 amide bonds. The van der Waals surface area contributed by atoms with Crippen LogP contribution in [0.3, 0.4) is 0 Å². The Morgan fingerprint density at radius 3 is 2.08 bits per heavy atom. The number of carbonyl (C=O) groups excluding carboxylic acids is 3. The lowest BCUT2D eigenvalue weighted by atomic mass is 9.88. The first kappa shape index (κ1) is 26.6. The minimum absolute atomic E-state index is 0.107. The van der Waals surface area contributed by atoms with Gasteiger partial charge < -0.3 is 14.8 Å². The van der Waals surface area contributed by atoms with E-state index in [0.717, 1.165) is 54.6 Å². The average molecular weight is 520 g/mol. The van der Waals surface area contributed by atoms with Gasteiger partial charge in [0, 0.05) is 12.3 Å². The summed E-state index contributed by atoms with van der Waals surface area (Å²) in [6.45, 7) is 3.61. The van der Waals surface area contributed by atoms with E-state index < -0.39 is 11.9 Å². The second-order valence-corrected chi connectivity index (χ2v) is 10.3. The summed E-state index contributed by atoms with van der Waals surface area (Å²) in [5.74, 6) is -1.43. The highest BCUT2D eigenvalue weighted by Crippen LogP contribution is 2.36. The molecule has 0 aliphatic heterocycles. The molecule has 7 heteroatoms. The van der Waals surface area contributed by atoms with Gasteiger partial charge in [0.15, 0.2) is 0 Å². The van der Waals surface area contributed by atoms with Crippen LogP contribution in [0.25, 0.3) is 0 Å². The van der Waals surface area contributed by atoms with Gasteiger partial charge in [-0.25, -0.2) is 9.59 Å². The van der Waals surface area contributed by atoms with Crippen molar-refractivity contribution in [2.75, 3.05) is 11.9 Å². The van der Waals surface area contributed by atoms with Crippen molar-refractivity contribution in [1.29, 1.82) is 0 Å². The van der Waals surface area contributed by atoms with Crippen molar-refractivity contribution in [1.82, 2.24) is 0 Å². The second kappa shape index (κ2) is 12.7. The third kappa shape index (κ3) is 6.66. The summed E-state index contributed by atoms with van der Waals surface area (Å²) in [7, 11) is 0. The summed E-state index contributed by atoms with van der Waals surface area (Å²) in [4.78, 5) is 39.5. The van der Waals surface area contributed by atoms with Gasteiger partial charge >= 0.3 is 11.9 Å². The number of ether oxygens (including phenoxy) is 2. The van der Waals surface area contributed by atoms with E-state index in [1.807, 2.05) is 60.7 Å². The van der Waals surface area contributed by atoms with Crippen LogP contribution in [0.1, 0.15) is 88.1 Å². The molecule has 6 nitrogen and oxygen atoms in total. The van der Waals surface area contributed by atoms with Gasteiger partial charge in [-0.05, 0) is 56.2 Å². The SMILES string of the molecule is CCOC(=O)c1c(NC(=O)CC(c2ccccc2)c2ccccc2)sc(C(=O)OC2CCCCC2)c1C. The van der Waals surface area contributed by atoms with Crippen LogP contribution in [-0.4, -0.2) is 30.6 Å². The monoisotopic (exact) mass is 519 g/mol. The molecule has 1 N–H and O–H groups in total. The van der Waals surface area contributed by atoms with E-state index in [2.05, 4.69) is 5.32 Å². The molecule has 1 fully saturated rings. The zero-order valence-electron chi connectivity index (χ0n) is 21.3. The van der Waals surface area contributed by atoms with Crippen LogP contribution in [0.5, 0.6) is 0 Å². The van der Waals surface area contributed by atoms with E-state index in [1.165, 1.54) is 0 Å². The van der Waals surface area contributed by atoms with Gasteiger partial charge in [-0.3, -0.25) is 4.79 Å². The number of anilines is 1. The van der Waals surface area contributed by atoms with E-state index >= 15 is 0 Å². The summed E-state index contributed by atoms with van der Waals surface area (Å²) >= 11 is 1.08. The quantitative estimate of drug-likeness (QED) is 0.312. The molecule has 1 saturated carbocycles. The molecular formula is C30H33NO5S. The Morgan fingerprint density at radius 2 is 1.51 bits per heavy atom. The third-order valence-corrected chi connectivity index (χ3v) is 7.87. The van der Waals surface area contributed by atoms with E-state index in [-0.39, 0.29) is 36.5 Å². The predicted octanol–water partition coefficient (Wildman–Crippen LogP) is 6.88. The maximum Gasteiger partial charge on any atom is 0.348 e. The number of hydrogen-bond donors (Lipinski definition) is 1. The van der Waals surface area contributed by atoms with Crippen molar-refractivity contribution in [3.05, 3.63) is 87.8 Å². The van der Waals surface area contributed by atoms with Crippen LogP contribution in [-0.2, 0) is 14.3 Å². The molecule has 1 aliphatic rings. The standard InChI is InChI=1S/C30H33NO5S/c1-3-35-29(33)26-20(2)27(30(34)36-23-17-11-6-12-18-23)37-28(26)31-25(32)19-24(21-13-7-4-8-14-21)22-15-9-5-10-16-22/h4-5,7-10,13-16,23-24H,3,6,11-12,17-19H2,1-2H3,(H,31,32). The summed E-state index contributed by atoms with van der Waals surface area (Å²) in [6.07, 6.45) is 5.01. The highest BCUT2D eigenvalue weighted by Gasteiger charge is 2.29. The average Bonchev–Trinajstić information content (AvgIpc) is 3.24. The van der Waals surface area contributed by atoms with Crippen LogP contribution in [0, 0.1) is 6.92 Å². The minimum atomic E-state index is -0.564. The zero-order valence-corrected chi connectivity index (χ0v) is 22.1. The Morgan fingerprint density at radius 1 is 0.919 bits per heavy atom. The number of rotatable bonds is 9. The largest absolute Gasteiger partial charge is 0.462 e. The van der Waals surface area contributed by atoms with E-state index in [9.17, 15) is 14.4 Å². The summed E-state index contributed by atoms with van der Waals surface area (Å²) in [6, 6.07) is 19.7. The molecule has 0 atom stereocenters. The predicted molar refractivity (Wildman–Crippen MR) is 145 cm³/mol. The molecule has 0 spiro atoms. The molecule has 1 aliphatic carbocycles. The number of carbonyl (C=O) groups is 3. The summed E-state index contributed by atoms with van der Waals surface area (Å²) < 4.78 is 11.0. The van der Waals surface area contributed by atoms with Crippen molar-refractivity contribution in [3.63, 3.8) is 0 Å². The van der Waals surface area contributed by atoms with Gasteiger partial charge in [0.05, 0.1) is 12.2 Å². The molecule has 4 rings (SSSR count). The highest BCUT2D eigenvalue weighted by molar-refractivity contribution is 7.18. The fourth-order valence-corrected chi connectivity index (χ4v) is 5.89. The summed E-state index contributed by atoms with van der Waals surface area (Å²) in [5.41, 5.74) is 2.73. The van der Waals surface area contributed by atoms with Crippen molar-refractivity contribution in [3.8, 4) is 0 Å². The molecule has 2 aromatic carbocycles. The first-order valence-corrected chi connectivity index (χ1v) is 13.7. The second-order valence-electron chi connectivity index (χ2n) is 9.27. The Hall–Kier alpha value is -3.45. The minimum Gasteiger partial charge on any atom is -0.462 e. The Bertz CT molecular complexity index is 1180. The molecular weight excluding hydrogens is 486 g/mol. The van der Waals surface area contributed by atoms with Crippen molar-refractivity contribution < 1.29 is 23.9 Å². The van der Waals surface area contributed by atoms with E-state index in [0.29, 0.717) is 15.4 Å². The number of thiophene rings is 1. The van der Waals surface area contributed by atoms with Crippen molar-refractivity contribution in [2.45, 2.75) is 64.4 Å². The molecule has 0 radical (unpaired) electrons. The maximum atomic E-state index is 13.3. The zero-order chi connectivity index (χ0) is 26.2. The molecule has 1 aromatic heterocycles. The lowest BCUT2D eigenvalue weighted by Gasteiger charge is -2.21. The van der Waals surface area contributed by atoms with Gasteiger partial charge in [0.1, 0.15) is 16.0 Å². The number of nitrogens with one attached hydrogen (secondary N) is 1. The van der Waals surface area contributed by atoms with Gasteiger partial charge in [0.25, 0.3) is 0 Å². The van der Waals surface area contributed by atoms with Gasteiger partial charge in [-0.1, -0.05) is 67.1 Å².